The molecule has 2 rings (SSSR count). The molecule has 0 aliphatic heterocycles. The molecule has 2 aromatic rings. The van der Waals surface area contributed by atoms with Gasteiger partial charge in [-0.3, -0.25) is 4.68 Å². The van der Waals surface area contributed by atoms with Crippen LogP contribution in [-0.4, -0.2) is 19.3 Å². The fourth-order valence-corrected chi connectivity index (χ4v) is 1.96. The van der Waals surface area contributed by atoms with E-state index in [0.29, 0.717) is 11.7 Å². The van der Waals surface area contributed by atoms with E-state index < -0.39 is 0 Å². The quantitative estimate of drug-likeness (QED) is 0.838. The predicted molar refractivity (Wildman–Crippen MR) is 68.3 cm³/mol. The van der Waals surface area contributed by atoms with E-state index in [2.05, 4.69) is 30.0 Å². The van der Waals surface area contributed by atoms with Gasteiger partial charge in [0.1, 0.15) is 11.0 Å². The first-order valence-electron chi connectivity index (χ1n) is 5.87. The molecule has 2 aromatic heterocycles. The van der Waals surface area contributed by atoms with Gasteiger partial charge in [0.15, 0.2) is 0 Å². The molecule has 5 heteroatoms. The summed E-state index contributed by atoms with van der Waals surface area (Å²) in [7, 11) is 1.92. The SMILES string of the molecule is CCc1cc(CC)n(Cc2ncc(Cl)n2C)n1. The molecule has 0 N–H and O–H groups in total. The Balaban J connectivity index is 2.29. The van der Waals surface area contributed by atoms with Gasteiger partial charge < -0.3 is 4.57 Å². The van der Waals surface area contributed by atoms with Crippen molar-refractivity contribution in [3.63, 3.8) is 0 Å². The van der Waals surface area contributed by atoms with Crippen LogP contribution in [-0.2, 0) is 26.4 Å². The van der Waals surface area contributed by atoms with E-state index in [1.54, 1.807) is 6.20 Å². The van der Waals surface area contributed by atoms with E-state index in [4.69, 9.17) is 11.6 Å². The lowest BCUT2D eigenvalue weighted by molar-refractivity contribution is 0.600. The molecule has 0 amide bonds. The molecule has 0 unspecified atom stereocenters. The van der Waals surface area contributed by atoms with E-state index >= 15 is 0 Å². The van der Waals surface area contributed by atoms with E-state index in [0.717, 1.165) is 24.4 Å². The van der Waals surface area contributed by atoms with Crippen molar-refractivity contribution in [2.45, 2.75) is 33.2 Å². The van der Waals surface area contributed by atoms with Crippen molar-refractivity contribution in [3.8, 4) is 0 Å². The van der Waals surface area contributed by atoms with Crippen molar-refractivity contribution in [3.05, 3.63) is 34.6 Å². The van der Waals surface area contributed by atoms with Crippen molar-refractivity contribution < 1.29 is 0 Å². The number of rotatable bonds is 4. The Morgan fingerprint density at radius 1 is 1.29 bits per heavy atom. The Labute approximate surface area is 106 Å². The maximum Gasteiger partial charge on any atom is 0.131 e. The van der Waals surface area contributed by atoms with Crippen molar-refractivity contribution in [1.82, 2.24) is 19.3 Å². The summed E-state index contributed by atoms with van der Waals surface area (Å²) >= 11 is 5.97. The topological polar surface area (TPSA) is 35.6 Å². The van der Waals surface area contributed by atoms with E-state index in [1.165, 1.54) is 5.69 Å². The minimum Gasteiger partial charge on any atom is -0.321 e. The summed E-state index contributed by atoms with van der Waals surface area (Å²) < 4.78 is 3.89. The third kappa shape index (κ3) is 2.36. The molecule has 2 heterocycles. The van der Waals surface area contributed by atoms with Gasteiger partial charge in [-0.15, -0.1) is 0 Å². The summed E-state index contributed by atoms with van der Waals surface area (Å²) in [5.74, 6) is 0.926. The van der Waals surface area contributed by atoms with Gasteiger partial charge in [0, 0.05) is 12.7 Å². The first kappa shape index (κ1) is 12.2. The first-order valence-corrected chi connectivity index (χ1v) is 6.25. The van der Waals surface area contributed by atoms with Gasteiger partial charge in [0.25, 0.3) is 0 Å². The standard InChI is InChI=1S/C12H17ClN4/c1-4-9-6-10(5-2)17(15-9)8-12-14-7-11(13)16(12)3/h6-7H,4-5,8H2,1-3H3. The molecule has 4 nitrogen and oxygen atoms in total. The Hall–Kier alpha value is -1.29. The summed E-state index contributed by atoms with van der Waals surface area (Å²) in [5, 5.41) is 5.22. The number of halogens is 1. The lowest BCUT2D eigenvalue weighted by Gasteiger charge is -2.06. The van der Waals surface area contributed by atoms with Gasteiger partial charge in [-0.05, 0) is 18.9 Å². The Morgan fingerprint density at radius 2 is 2.06 bits per heavy atom. The summed E-state index contributed by atoms with van der Waals surface area (Å²) in [4.78, 5) is 4.29. The normalized spacial score (nSPS) is 11.1. The Morgan fingerprint density at radius 3 is 2.59 bits per heavy atom. The Bertz CT molecular complexity index is 513. The molecule has 0 fully saturated rings. The molecular weight excluding hydrogens is 236 g/mol. The van der Waals surface area contributed by atoms with Gasteiger partial charge in [-0.2, -0.15) is 5.10 Å². The highest BCUT2D eigenvalue weighted by Gasteiger charge is 2.09. The number of hydrogen-bond acceptors (Lipinski definition) is 2. The number of hydrogen-bond donors (Lipinski definition) is 0. The van der Waals surface area contributed by atoms with Crippen molar-refractivity contribution in [1.29, 1.82) is 0 Å². The number of imidazole rings is 1. The predicted octanol–water partition coefficient (Wildman–Crippen LogP) is 2.44. The van der Waals surface area contributed by atoms with Gasteiger partial charge in [0.05, 0.1) is 18.4 Å². The largest absolute Gasteiger partial charge is 0.321 e. The van der Waals surface area contributed by atoms with Crippen molar-refractivity contribution in [2.24, 2.45) is 7.05 Å². The molecule has 0 bridgehead atoms. The minimum absolute atomic E-state index is 0.654. The maximum atomic E-state index is 5.97. The van der Waals surface area contributed by atoms with Crippen LogP contribution < -0.4 is 0 Å². The minimum atomic E-state index is 0.654. The van der Waals surface area contributed by atoms with Gasteiger partial charge in [-0.25, -0.2) is 4.98 Å². The molecule has 0 aromatic carbocycles. The summed E-state index contributed by atoms with van der Waals surface area (Å²) in [5.41, 5.74) is 2.36. The van der Waals surface area contributed by atoms with Crippen molar-refractivity contribution >= 4 is 11.6 Å². The number of aromatic nitrogens is 4. The molecule has 0 spiro atoms. The van der Waals surface area contributed by atoms with Crippen LogP contribution in [0.15, 0.2) is 12.3 Å². The van der Waals surface area contributed by atoms with Gasteiger partial charge >= 0.3 is 0 Å². The summed E-state index contributed by atoms with van der Waals surface area (Å²) in [6.07, 6.45) is 3.61. The fourth-order valence-electron chi connectivity index (χ4n) is 1.81. The molecule has 0 radical (unpaired) electrons. The third-order valence-electron chi connectivity index (χ3n) is 2.96. The zero-order valence-corrected chi connectivity index (χ0v) is 11.2. The van der Waals surface area contributed by atoms with E-state index in [9.17, 15) is 0 Å². The molecule has 0 saturated heterocycles. The third-order valence-corrected chi connectivity index (χ3v) is 3.31. The van der Waals surface area contributed by atoms with E-state index in [1.807, 2.05) is 16.3 Å². The molecule has 0 aliphatic carbocycles. The molecule has 17 heavy (non-hydrogen) atoms. The van der Waals surface area contributed by atoms with Crippen LogP contribution in [0.25, 0.3) is 0 Å². The van der Waals surface area contributed by atoms with Crippen LogP contribution in [0.3, 0.4) is 0 Å². The van der Waals surface area contributed by atoms with Crippen LogP contribution in [0.1, 0.15) is 31.1 Å². The van der Waals surface area contributed by atoms with Crippen LogP contribution >= 0.6 is 11.6 Å². The van der Waals surface area contributed by atoms with Crippen LogP contribution in [0, 0.1) is 0 Å². The second-order valence-corrected chi connectivity index (χ2v) is 4.44. The molecular formula is C12H17ClN4. The summed E-state index contributed by atoms with van der Waals surface area (Å²) in [6.45, 7) is 4.93. The average molecular weight is 253 g/mol. The molecule has 0 saturated carbocycles. The zero-order chi connectivity index (χ0) is 12.4. The van der Waals surface area contributed by atoms with Crippen LogP contribution in [0.2, 0.25) is 5.15 Å². The fraction of sp³-hybridized carbons (Fsp3) is 0.500. The second-order valence-electron chi connectivity index (χ2n) is 4.05. The second kappa shape index (κ2) is 4.92. The molecule has 0 atom stereocenters. The highest BCUT2D eigenvalue weighted by atomic mass is 35.5. The number of nitrogens with zero attached hydrogens (tertiary/aromatic N) is 4. The monoisotopic (exact) mass is 252 g/mol. The smallest absolute Gasteiger partial charge is 0.131 e. The first-order chi connectivity index (χ1) is 8.15. The van der Waals surface area contributed by atoms with Gasteiger partial charge in [-0.1, -0.05) is 25.4 Å². The lowest BCUT2D eigenvalue weighted by Crippen LogP contribution is -2.10. The zero-order valence-electron chi connectivity index (χ0n) is 10.4. The highest BCUT2D eigenvalue weighted by Crippen LogP contribution is 2.12. The van der Waals surface area contributed by atoms with Crippen LogP contribution in [0.5, 0.6) is 0 Å². The highest BCUT2D eigenvalue weighted by molar-refractivity contribution is 6.29. The average Bonchev–Trinajstić information content (AvgIpc) is 2.87. The maximum absolute atomic E-state index is 5.97. The molecule has 0 aliphatic rings. The summed E-state index contributed by atoms with van der Waals surface area (Å²) in [6, 6.07) is 2.16. The van der Waals surface area contributed by atoms with Crippen molar-refractivity contribution in [2.75, 3.05) is 0 Å². The number of aryl methyl sites for hydroxylation is 2. The lowest BCUT2D eigenvalue weighted by atomic mass is 10.2. The van der Waals surface area contributed by atoms with Gasteiger partial charge in [0.2, 0.25) is 0 Å². The van der Waals surface area contributed by atoms with E-state index in [-0.39, 0.29) is 0 Å². The Kier molecular flexibility index (Phi) is 3.52. The molecule has 92 valence electrons. The van der Waals surface area contributed by atoms with Crippen LogP contribution in [0.4, 0.5) is 0 Å².